The number of hydrogen-bond donors (Lipinski definition) is 4. The van der Waals surface area contributed by atoms with Crippen molar-refractivity contribution in [2.24, 2.45) is 0 Å². The van der Waals surface area contributed by atoms with Crippen LogP contribution in [0.1, 0.15) is 367 Å². The number of rotatable bonds is 88. The fraction of sp³-hybridized carbons (Fsp3) is 0.641. The van der Waals surface area contributed by atoms with Crippen molar-refractivity contribution in [3.8, 4) is 0 Å². The smallest absolute Gasteiger partial charge is 0.463 e. The molecule has 0 rings (SSSR count). The van der Waals surface area contributed by atoms with Crippen molar-refractivity contribution in [3.05, 3.63) is 207 Å². The third kappa shape index (κ3) is 94.6. The fourth-order valence-corrected chi connectivity index (χ4v) is 14.0. The van der Waals surface area contributed by atoms with Gasteiger partial charge in [0.05, 0.1) is 26.4 Å². The molecule has 0 saturated heterocycles. The van der Waals surface area contributed by atoms with Crippen molar-refractivity contribution >= 4 is 33.6 Å². The van der Waals surface area contributed by atoms with Crippen LogP contribution in [0, 0.1) is 0 Å². The molecule has 16 nitrogen and oxygen atoms in total. The van der Waals surface area contributed by atoms with E-state index in [4.69, 9.17) is 32.3 Å². The van der Waals surface area contributed by atoms with Crippen LogP contribution in [-0.4, -0.2) is 95.9 Å². The summed E-state index contributed by atoms with van der Waals surface area (Å²) in [6.45, 7) is 2.35. The number of esters is 3. The van der Waals surface area contributed by atoms with Gasteiger partial charge >= 0.3 is 33.6 Å². The zero-order valence-electron chi connectivity index (χ0n) is 75.9. The topological polar surface area (TPSA) is 231 Å². The highest BCUT2D eigenvalue weighted by Gasteiger charge is 2.29. The first kappa shape index (κ1) is 115. The normalized spacial score (nSPS) is 14.7. The van der Waals surface area contributed by atoms with Gasteiger partial charge in [0.15, 0.2) is 6.10 Å². The number of ether oxygens (including phenoxy) is 3. The molecule has 4 N–H and O–H groups in total. The largest absolute Gasteiger partial charge is 0.472 e. The molecule has 0 aromatic heterocycles. The average molecular weight is 1730 g/mol. The molecule has 5 atom stereocenters. The fourth-order valence-electron chi connectivity index (χ4n) is 12.4. The van der Waals surface area contributed by atoms with Crippen LogP contribution in [0.4, 0.5) is 0 Å². The number of aliphatic hydroxyl groups excluding tert-OH is 2. The molecule has 688 valence electrons. The predicted molar refractivity (Wildman–Crippen MR) is 509 cm³/mol. The first-order valence-electron chi connectivity index (χ1n) is 47.4. The Hall–Kier alpha value is -5.87. The van der Waals surface area contributed by atoms with Crippen LogP contribution < -0.4 is 0 Å². The van der Waals surface area contributed by atoms with Gasteiger partial charge in [-0.05, 0) is 167 Å². The lowest BCUT2D eigenvalue weighted by molar-refractivity contribution is -0.161. The third-order valence-corrected chi connectivity index (χ3v) is 21.4. The molecule has 0 aliphatic rings. The number of unbranched alkanes of at least 4 members (excludes halogenated alkanes) is 31. The Bertz CT molecular complexity index is 3030. The molecule has 0 saturated carbocycles. The Morgan fingerprint density at radius 2 is 0.413 bits per heavy atom. The van der Waals surface area contributed by atoms with Crippen LogP contribution in [0.3, 0.4) is 0 Å². The maximum atomic E-state index is 13.1. The number of phosphoric acid groups is 2. The highest BCUT2D eigenvalue weighted by Crippen LogP contribution is 2.45. The van der Waals surface area contributed by atoms with Crippen molar-refractivity contribution < 1.29 is 75.8 Å². The van der Waals surface area contributed by atoms with Gasteiger partial charge in [0.2, 0.25) is 0 Å². The van der Waals surface area contributed by atoms with Crippen molar-refractivity contribution in [1.82, 2.24) is 0 Å². The molecule has 5 unspecified atom stereocenters. The van der Waals surface area contributed by atoms with E-state index in [9.17, 15) is 43.5 Å². The maximum Gasteiger partial charge on any atom is 0.472 e. The van der Waals surface area contributed by atoms with Gasteiger partial charge in [-0.25, -0.2) is 9.13 Å². The molecule has 0 radical (unpaired) electrons. The standard InChI is InChI=1S/C103H170O16P2/c1-4-7-10-13-16-19-22-25-28-31-34-37-40-43-45-46-47-48-49-50-52-55-56-59-62-65-68-71-74-77-80-83-86-89-101(106)113-92-98(104)93-115-120(109,110)116-94-99(105)95-117-121(111,112)118-97-100(119-103(108)91-88-85-82-79-76-73-70-67-64-61-58-53-42-39-36-33-30-27-24-21-18-15-12-9-6-3)96-114-102(107)90-87-84-81-78-75-72-69-66-63-60-57-54-51-44-41-38-35-32-29-26-23-20-17-14-11-8-5-2/h7-12,16-21,25-30,34-39,43-45,47-48,51,53,58,64,67,98-100,104-105H,4-6,13-15,22-24,31-33,40-42,46,49-50,52,54-57,59-63,65-66,68-97H2,1-3H3,(H,109,110)(H,111,112)/b10-7-,11-8-,12-9-,19-16-,20-17-,21-18-,28-25-,29-26-,30-27-,37-34-,38-35-,39-36-,45-43-,48-47-,51-44-,58-53-,67-64-. The van der Waals surface area contributed by atoms with E-state index in [0.717, 1.165) is 205 Å². The minimum Gasteiger partial charge on any atom is -0.463 e. The van der Waals surface area contributed by atoms with Crippen molar-refractivity contribution in [2.45, 2.75) is 386 Å². The van der Waals surface area contributed by atoms with Gasteiger partial charge < -0.3 is 34.2 Å². The Morgan fingerprint density at radius 1 is 0.231 bits per heavy atom. The monoisotopic (exact) mass is 1730 g/mol. The summed E-state index contributed by atoms with van der Waals surface area (Å²) in [7, 11) is -9.83. The lowest BCUT2D eigenvalue weighted by Crippen LogP contribution is -2.30. The summed E-state index contributed by atoms with van der Waals surface area (Å²) in [6.07, 6.45) is 126. The SMILES string of the molecule is CC/C=C\C/C=C\C/C=C\C/C=C\C/C=C\C/C=C\CCCCCCCCCCCCCCCCC(=O)OCC(O)COP(=O)(O)OCC(O)COP(=O)(O)OCC(COC(=O)CCCCCCCCCCCCC/C=C\C/C=C\C/C=C\C/C=C\C/C=C\CC)OC(=O)CCCCCCCC/C=C\C/C=C\C/C=C\C/C=C\C/C=C\C/C=C\CC. The molecule has 0 aliphatic carbocycles. The maximum absolute atomic E-state index is 13.1. The first-order chi connectivity index (χ1) is 59.2. The quantitative estimate of drug-likeness (QED) is 0.0146. The van der Waals surface area contributed by atoms with E-state index in [1.54, 1.807) is 0 Å². The van der Waals surface area contributed by atoms with E-state index in [2.05, 4.69) is 227 Å². The molecule has 18 heteroatoms. The number of aliphatic hydroxyl groups is 2. The Balaban J connectivity index is 4.64. The Morgan fingerprint density at radius 3 is 0.653 bits per heavy atom. The highest BCUT2D eigenvalue weighted by molar-refractivity contribution is 7.47. The number of carbonyl (C=O) groups excluding carboxylic acids is 3. The van der Waals surface area contributed by atoms with E-state index in [1.807, 2.05) is 0 Å². The van der Waals surface area contributed by atoms with Crippen LogP contribution in [0.5, 0.6) is 0 Å². The Kier molecular flexibility index (Phi) is 88.8. The van der Waals surface area contributed by atoms with E-state index in [1.165, 1.54) is 103 Å². The van der Waals surface area contributed by atoms with E-state index < -0.39 is 91.5 Å². The lowest BCUT2D eigenvalue weighted by Gasteiger charge is -2.21. The Labute approximate surface area is 737 Å². The number of carbonyl (C=O) groups is 3. The van der Waals surface area contributed by atoms with Gasteiger partial charge in [-0.3, -0.25) is 32.5 Å². The number of phosphoric ester groups is 2. The first-order valence-corrected chi connectivity index (χ1v) is 50.4. The second kappa shape index (κ2) is 93.3. The van der Waals surface area contributed by atoms with Crippen molar-refractivity contribution in [3.63, 3.8) is 0 Å². The summed E-state index contributed by atoms with van der Waals surface area (Å²) in [4.78, 5) is 59.1. The zero-order chi connectivity index (χ0) is 87.9. The van der Waals surface area contributed by atoms with Crippen LogP contribution in [-0.2, 0) is 55.8 Å². The summed E-state index contributed by atoms with van der Waals surface area (Å²) in [5.74, 6) is -1.60. The van der Waals surface area contributed by atoms with Crippen LogP contribution in [0.15, 0.2) is 207 Å². The zero-order valence-corrected chi connectivity index (χ0v) is 77.7. The van der Waals surface area contributed by atoms with E-state index in [0.29, 0.717) is 19.3 Å². The highest BCUT2D eigenvalue weighted by atomic mass is 31.2. The minimum absolute atomic E-state index is 0.0797. The minimum atomic E-state index is -4.96. The summed E-state index contributed by atoms with van der Waals surface area (Å²) in [5, 5.41) is 20.8. The molecular formula is C103H170O16P2. The molecule has 0 bridgehead atoms. The van der Waals surface area contributed by atoms with Gasteiger partial charge in [-0.15, -0.1) is 0 Å². The summed E-state index contributed by atoms with van der Waals surface area (Å²) in [5.41, 5.74) is 0. The molecular weight excluding hydrogens is 1560 g/mol. The molecule has 0 heterocycles. The average Bonchev–Trinajstić information content (AvgIpc) is 0.908. The second-order valence-electron chi connectivity index (χ2n) is 31.0. The molecule has 0 spiro atoms. The molecule has 0 aliphatic heterocycles. The molecule has 0 aromatic carbocycles. The van der Waals surface area contributed by atoms with Gasteiger partial charge in [-0.2, -0.15) is 0 Å². The van der Waals surface area contributed by atoms with E-state index in [-0.39, 0.29) is 19.3 Å². The van der Waals surface area contributed by atoms with Gasteiger partial charge in [0.25, 0.3) is 0 Å². The number of hydrogen-bond acceptors (Lipinski definition) is 14. The number of allylic oxidation sites excluding steroid dienone is 34. The predicted octanol–water partition coefficient (Wildman–Crippen LogP) is 29.6. The lowest BCUT2D eigenvalue weighted by atomic mass is 10.0. The molecule has 121 heavy (non-hydrogen) atoms. The second-order valence-corrected chi connectivity index (χ2v) is 33.9. The van der Waals surface area contributed by atoms with Gasteiger partial charge in [0.1, 0.15) is 25.4 Å². The van der Waals surface area contributed by atoms with Gasteiger partial charge in [0, 0.05) is 19.3 Å². The van der Waals surface area contributed by atoms with Crippen LogP contribution in [0.25, 0.3) is 0 Å². The van der Waals surface area contributed by atoms with Crippen LogP contribution >= 0.6 is 15.6 Å². The molecule has 0 fully saturated rings. The van der Waals surface area contributed by atoms with E-state index >= 15 is 0 Å². The molecule has 0 aromatic rings. The van der Waals surface area contributed by atoms with Crippen molar-refractivity contribution in [2.75, 3.05) is 39.6 Å². The van der Waals surface area contributed by atoms with Crippen molar-refractivity contribution in [1.29, 1.82) is 0 Å². The summed E-state index contributed by atoms with van der Waals surface area (Å²) < 4.78 is 61.5. The summed E-state index contributed by atoms with van der Waals surface area (Å²) >= 11 is 0. The van der Waals surface area contributed by atoms with Crippen LogP contribution in [0.2, 0.25) is 0 Å². The third-order valence-electron chi connectivity index (χ3n) is 19.5. The van der Waals surface area contributed by atoms with Gasteiger partial charge in [-0.1, -0.05) is 388 Å². The summed E-state index contributed by atoms with van der Waals surface area (Å²) in [6, 6.07) is 0. The molecule has 0 amide bonds.